The van der Waals surface area contributed by atoms with E-state index in [1.165, 1.54) is 12.8 Å². The molecule has 1 amide bonds. The van der Waals surface area contributed by atoms with E-state index in [2.05, 4.69) is 12.2 Å². The molecule has 3 nitrogen and oxygen atoms in total. The summed E-state index contributed by atoms with van der Waals surface area (Å²) < 4.78 is 5.16. The number of hydrogen-bond acceptors (Lipinski definition) is 2. The number of hydrogen-bond donors (Lipinski definition) is 1. The third-order valence-corrected chi connectivity index (χ3v) is 2.28. The van der Waals surface area contributed by atoms with Crippen LogP contribution in [0, 0.1) is 5.92 Å². The zero-order valence-corrected chi connectivity index (χ0v) is 9.59. The minimum atomic E-state index is -0.390. The second kappa shape index (κ2) is 4.20. The van der Waals surface area contributed by atoms with E-state index in [4.69, 9.17) is 4.74 Å². The maximum absolute atomic E-state index is 11.3. The Morgan fingerprint density at radius 2 is 2.14 bits per heavy atom. The molecule has 1 rings (SSSR count). The summed E-state index contributed by atoms with van der Waals surface area (Å²) in [5, 5.41) is 2.88. The molecule has 0 bridgehead atoms. The second-order valence-corrected chi connectivity index (χ2v) is 5.04. The lowest BCUT2D eigenvalue weighted by atomic mass is 10.2. The van der Waals surface area contributed by atoms with E-state index >= 15 is 0 Å². The highest BCUT2D eigenvalue weighted by Gasteiger charge is 2.38. The van der Waals surface area contributed by atoms with Crippen molar-refractivity contribution in [1.82, 2.24) is 5.32 Å². The Labute approximate surface area is 86.2 Å². The number of nitrogens with one attached hydrogen (secondary N) is 1. The van der Waals surface area contributed by atoms with Gasteiger partial charge in [0.25, 0.3) is 0 Å². The van der Waals surface area contributed by atoms with Crippen molar-refractivity contribution in [3.05, 3.63) is 0 Å². The predicted octanol–water partition coefficient (Wildman–Crippen LogP) is 2.70. The van der Waals surface area contributed by atoms with Crippen LogP contribution in [-0.4, -0.2) is 17.7 Å². The van der Waals surface area contributed by atoms with Gasteiger partial charge >= 0.3 is 6.09 Å². The summed E-state index contributed by atoms with van der Waals surface area (Å²) in [6.07, 6.45) is 3.24. The molecule has 82 valence electrons. The standard InChI is InChI=1S/C11H21NO2/c1-5-6-8-7-9(8)12-10(13)14-11(2,3)4/h8-9H,5-7H2,1-4H3,(H,12,13). The zero-order valence-electron chi connectivity index (χ0n) is 9.59. The molecule has 2 atom stereocenters. The van der Waals surface area contributed by atoms with Crippen LogP contribution < -0.4 is 5.32 Å². The van der Waals surface area contributed by atoms with Gasteiger partial charge < -0.3 is 10.1 Å². The van der Waals surface area contributed by atoms with Crippen LogP contribution >= 0.6 is 0 Å². The Kier molecular flexibility index (Phi) is 3.40. The average molecular weight is 199 g/mol. The number of ether oxygens (including phenoxy) is 1. The van der Waals surface area contributed by atoms with Crippen molar-refractivity contribution < 1.29 is 9.53 Å². The first-order valence-electron chi connectivity index (χ1n) is 5.42. The van der Waals surface area contributed by atoms with Crippen LogP contribution in [0.1, 0.15) is 47.0 Å². The molecule has 0 aromatic carbocycles. The summed E-state index contributed by atoms with van der Waals surface area (Å²) in [5.41, 5.74) is -0.390. The molecule has 2 unspecified atom stereocenters. The third-order valence-electron chi connectivity index (χ3n) is 2.28. The largest absolute Gasteiger partial charge is 0.444 e. The van der Waals surface area contributed by atoms with Crippen molar-refractivity contribution in [3.63, 3.8) is 0 Å². The monoisotopic (exact) mass is 199 g/mol. The molecule has 1 saturated carbocycles. The van der Waals surface area contributed by atoms with E-state index in [1.54, 1.807) is 0 Å². The third kappa shape index (κ3) is 3.99. The second-order valence-electron chi connectivity index (χ2n) is 5.04. The maximum atomic E-state index is 11.3. The van der Waals surface area contributed by atoms with Gasteiger partial charge in [-0.15, -0.1) is 0 Å². The quantitative estimate of drug-likeness (QED) is 0.759. The summed E-state index contributed by atoms with van der Waals surface area (Å²) in [6.45, 7) is 7.80. The Bertz CT molecular complexity index is 208. The van der Waals surface area contributed by atoms with Gasteiger partial charge in [0, 0.05) is 6.04 Å². The van der Waals surface area contributed by atoms with Gasteiger partial charge in [0.1, 0.15) is 5.60 Å². The predicted molar refractivity (Wildman–Crippen MR) is 56.2 cm³/mol. The van der Waals surface area contributed by atoms with Crippen molar-refractivity contribution in [3.8, 4) is 0 Å². The minimum absolute atomic E-state index is 0.277. The lowest BCUT2D eigenvalue weighted by molar-refractivity contribution is 0.0521. The first-order valence-corrected chi connectivity index (χ1v) is 5.42. The maximum Gasteiger partial charge on any atom is 0.407 e. The molecule has 0 spiro atoms. The first kappa shape index (κ1) is 11.3. The van der Waals surface area contributed by atoms with Crippen molar-refractivity contribution in [2.75, 3.05) is 0 Å². The van der Waals surface area contributed by atoms with Gasteiger partial charge in [-0.05, 0) is 39.5 Å². The highest BCUT2D eigenvalue weighted by atomic mass is 16.6. The van der Waals surface area contributed by atoms with Gasteiger partial charge in [0.05, 0.1) is 0 Å². The Morgan fingerprint density at radius 3 is 2.64 bits per heavy atom. The van der Waals surface area contributed by atoms with E-state index in [1.807, 2.05) is 20.8 Å². The summed E-state index contributed by atoms with van der Waals surface area (Å²) in [5.74, 6) is 0.688. The number of carbonyl (C=O) groups excluding carboxylic acids is 1. The SMILES string of the molecule is CCCC1CC1NC(=O)OC(C)(C)C. The molecule has 1 fully saturated rings. The van der Waals surface area contributed by atoms with Crippen LogP contribution in [0.2, 0.25) is 0 Å². The van der Waals surface area contributed by atoms with Crippen LogP contribution in [0.4, 0.5) is 4.79 Å². The van der Waals surface area contributed by atoms with E-state index in [0.29, 0.717) is 12.0 Å². The summed E-state index contributed by atoms with van der Waals surface area (Å²) in [7, 11) is 0. The normalized spacial score (nSPS) is 25.7. The molecular formula is C11H21NO2. The van der Waals surface area contributed by atoms with E-state index < -0.39 is 0 Å². The molecule has 1 aliphatic carbocycles. The van der Waals surface area contributed by atoms with Crippen LogP contribution in [-0.2, 0) is 4.74 Å². The van der Waals surface area contributed by atoms with Crippen LogP contribution in [0.25, 0.3) is 0 Å². The van der Waals surface area contributed by atoms with Gasteiger partial charge in [0.15, 0.2) is 0 Å². The molecule has 0 saturated heterocycles. The fraction of sp³-hybridized carbons (Fsp3) is 0.909. The van der Waals surface area contributed by atoms with Gasteiger partial charge in [-0.25, -0.2) is 4.79 Å². The van der Waals surface area contributed by atoms with Crippen molar-refractivity contribution in [1.29, 1.82) is 0 Å². The molecule has 3 heteroatoms. The van der Waals surface area contributed by atoms with Gasteiger partial charge in [-0.1, -0.05) is 13.3 Å². The summed E-state index contributed by atoms with van der Waals surface area (Å²) in [6, 6.07) is 0.366. The van der Waals surface area contributed by atoms with E-state index in [9.17, 15) is 4.79 Å². The topological polar surface area (TPSA) is 38.3 Å². The highest BCUT2D eigenvalue weighted by Crippen LogP contribution is 2.34. The summed E-state index contributed by atoms with van der Waals surface area (Å²) in [4.78, 5) is 11.3. The lowest BCUT2D eigenvalue weighted by Crippen LogP contribution is -2.34. The number of carbonyl (C=O) groups is 1. The number of rotatable bonds is 3. The molecule has 0 aromatic heterocycles. The molecular weight excluding hydrogens is 178 g/mol. The molecule has 0 aromatic rings. The highest BCUT2D eigenvalue weighted by molar-refractivity contribution is 5.68. The first-order chi connectivity index (χ1) is 6.42. The zero-order chi connectivity index (χ0) is 10.8. The van der Waals surface area contributed by atoms with Gasteiger partial charge in [0.2, 0.25) is 0 Å². The lowest BCUT2D eigenvalue weighted by Gasteiger charge is -2.19. The summed E-state index contributed by atoms with van der Waals surface area (Å²) >= 11 is 0. The molecule has 1 aliphatic rings. The Morgan fingerprint density at radius 1 is 1.50 bits per heavy atom. The van der Waals surface area contributed by atoms with E-state index in [0.717, 1.165) is 6.42 Å². The van der Waals surface area contributed by atoms with Crippen LogP contribution in [0.3, 0.4) is 0 Å². The fourth-order valence-electron chi connectivity index (χ4n) is 1.57. The van der Waals surface area contributed by atoms with Crippen molar-refractivity contribution >= 4 is 6.09 Å². The van der Waals surface area contributed by atoms with Crippen molar-refractivity contribution in [2.24, 2.45) is 5.92 Å². The smallest absolute Gasteiger partial charge is 0.407 e. The fourth-order valence-corrected chi connectivity index (χ4v) is 1.57. The molecule has 0 heterocycles. The Hall–Kier alpha value is -0.730. The molecule has 1 N–H and O–H groups in total. The number of amides is 1. The molecule has 0 aliphatic heterocycles. The van der Waals surface area contributed by atoms with Crippen LogP contribution in [0.15, 0.2) is 0 Å². The van der Waals surface area contributed by atoms with E-state index in [-0.39, 0.29) is 11.7 Å². The van der Waals surface area contributed by atoms with Crippen molar-refractivity contribution in [2.45, 2.75) is 58.6 Å². The van der Waals surface area contributed by atoms with Gasteiger partial charge in [-0.2, -0.15) is 0 Å². The average Bonchev–Trinajstić information content (AvgIpc) is 2.63. The number of alkyl carbamates (subject to hydrolysis) is 1. The molecule has 14 heavy (non-hydrogen) atoms. The van der Waals surface area contributed by atoms with Gasteiger partial charge in [-0.3, -0.25) is 0 Å². The van der Waals surface area contributed by atoms with Crippen LogP contribution in [0.5, 0.6) is 0 Å². The molecule has 0 radical (unpaired) electrons. The minimum Gasteiger partial charge on any atom is -0.444 e. The Balaban J connectivity index is 2.17.